The fourth-order valence-corrected chi connectivity index (χ4v) is 3.36. The van der Waals surface area contributed by atoms with Crippen molar-refractivity contribution in [2.24, 2.45) is 0 Å². The van der Waals surface area contributed by atoms with E-state index in [-0.39, 0.29) is 40.5 Å². The van der Waals surface area contributed by atoms with Crippen LogP contribution in [0.5, 0.6) is 5.75 Å². The zero-order valence-electron chi connectivity index (χ0n) is 19.8. The number of halogens is 3. The van der Waals surface area contributed by atoms with Gasteiger partial charge in [0.25, 0.3) is 0 Å². The van der Waals surface area contributed by atoms with Gasteiger partial charge < -0.3 is 43.8 Å². The minimum atomic E-state index is -0.544. The summed E-state index contributed by atoms with van der Waals surface area (Å²) < 4.78 is 20.0. The van der Waals surface area contributed by atoms with Crippen molar-refractivity contribution in [1.29, 1.82) is 5.26 Å². The molecule has 0 fully saturated rings. The number of nitriles is 1. The number of hydrogen-bond acceptors (Lipinski definition) is 5. The van der Waals surface area contributed by atoms with Gasteiger partial charge in [0.1, 0.15) is 17.6 Å². The highest BCUT2D eigenvalue weighted by molar-refractivity contribution is 6.31. The standard InChI is InChI=1S/C25H25ClFN5O2.HI/c1-5-34-23-13-21-18(12-22(23)31-24(33)7-6-10-32(2,3)4)25(16(14-28)15-29-21)30-17-8-9-20(27)19(26)11-17;/h6-9,11-13,15H,5,10H2,1-4H3,(H-,29,30,31,33);1H/b7-6+;. The second-order valence-corrected chi connectivity index (χ2v) is 8.98. The quantitative estimate of drug-likeness (QED) is 0.233. The third-order valence-corrected chi connectivity index (χ3v) is 5.05. The van der Waals surface area contributed by atoms with Crippen LogP contribution in [0.3, 0.4) is 0 Å². The van der Waals surface area contributed by atoms with Crippen molar-refractivity contribution in [3.8, 4) is 11.8 Å². The van der Waals surface area contributed by atoms with Crippen molar-refractivity contribution in [3.63, 3.8) is 0 Å². The molecule has 184 valence electrons. The molecule has 0 aliphatic heterocycles. The van der Waals surface area contributed by atoms with Crippen molar-refractivity contribution in [2.45, 2.75) is 6.92 Å². The topological polar surface area (TPSA) is 87.0 Å². The van der Waals surface area contributed by atoms with Gasteiger partial charge in [-0.2, -0.15) is 5.26 Å². The maximum atomic E-state index is 13.6. The van der Waals surface area contributed by atoms with Crippen LogP contribution in [0, 0.1) is 17.1 Å². The Bertz CT molecular complexity index is 1300. The van der Waals surface area contributed by atoms with Crippen molar-refractivity contribution < 1.29 is 42.4 Å². The summed E-state index contributed by atoms with van der Waals surface area (Å²) in [6.45, 7) is 2.92. The summed E-state index contributed by atoms with van der Waals surface area (Å²) in [6.07, 6.45) is 4.72. The molecule has 7 nitrogen and oxygen atoms in total. The van der Waals surface area contributed by atoms with Crippen LogP contribution in [-0.2, 0) is 4.79 Å². The van der Waals surface area contributed by atoms with Crippen LogP contribution >= 0.6 is 11.6 Å². The number of quaternary nitrogens is 1. The van der Waals surface area contributed by atoms with Gasteiger partial charge in [0.05, 0.1) is 61.8 Å². The number of likely N-dealkylation sites (N-methyl/N-ethyl adjacent to an activating group) is 1. The minimum absolute atomic E-state index is 0. The average Bonchev–Trinajstić information content (AvgIpc) is 2.76. The number of pyridine rings is 1. The van der Waals surface area contributed by atoms with Crippen LogP contribution in [-0.4, -0.2) is 49.7 Å². The molecule has 0 saturated heterocycles. The van der Waals surface area contributed by atoms with Crippen LogP contribution in [0.25, 0.3) is 10.9 Å². The molecule has 0 atom stereocenters. The van der Waals surface area contributed by atoms with Crippen LogP contribution in [0.2, 0.25) is 5.02 Å². The van der Waals surface area contributed by atoms with Gasteiger partial charge in [-0.15, -0.1) is 0 Å². The number of aromatic nitrogens is 1. The lowest BCUT2D eigenvalue weighted by Gasteiger charge is -2.21. The molecular formula is C25H26ClFIN5O2. The molecule has 1 amide bonds. The highest BCUT2D eigenvalue weighted by atomic mass is 127. The Labute approximate surface area is 226 Å². The van der Waals surface area contributed by atoms with Crippen LogP contribution in [0.4, 0.5) is 21.5 Å². The maximum Gasteiger partial charge on any atom is 0.248 e. The number of carbonyl (C=O) groups excluding carboxylic acids is 1. The van der Waals surface area contributed by atoms with E-state index in [0.29, 0.717) is 51.3 Å². The molecule has 2 aromatic carbocycles. The van der Waals surface area contributed by atoms with Gasteiger partial charge in [-0.25, -0.2) is 4.39 Å². The lowest BCUT2D eigenvalue weighted by molar-refractivity contribution is -0.864. The van der Waals surface area contributed by atoms with E-state index in [1.54, 1.807) is 18.2 Å². The zero-order valence-corrected chi connectivity index (χ0v) is 22.7. The first-order valence-electron chi connectivity index (χ1n) is 10.6. The van der Waals surface area contributed by atoms with Crippen molar-refractivity contribution in [2.75, 3.05) is 44.9 Å². The van der Waals surface area contributed by atoms with Gasteiger partial charge in [0, 0.05) is 29.4 Å². The van der Waals surface area contributed by atoms with Crippen molar-refractivity contribution in [3.05, 3.63) is 65.1 Å². The van der Waals surface area contributed by atoms with E-state index in [1.165, 1.54) is 30.5 Å². The first-order chi connectivity index (χ1) is 16.1. The Morgan fingerprint density at radius 1 is 1.29 bits per heavy atom. The number of hydrogen-bond donors (Lipinski definition) is 2. The summed E-state index contributed by atoms with van der Waals surface area (Å²) in [6, 6.07) is 9.70. The molecule has 2 N–H and O–H groups in total. The molecule has 0 radical (unpaired) electrons. The lowest BCUT2D eigenvalue weighted by atomic mass is 10.1. The number of carbonyl (C=O) groups is 1. The van der Waals surface area contributed by atoms with Gasteiger partial charge in [-0.05, 0) is 37.3 Å². The molecular weight excluding hydrogens is 584 g/mol. The normalized spacial score (nSPS) is 11.1. The third kappa shape index (κ3) is 7.52. The number of nitrogens with one attached hydrogen (secondary N) is 2. The Hall–Kier alpha value is -2.94. The van der Waals surface area contributed by atoms with E-state index in [4.69, 9.17) is 16.3 Å². The predicted molar refractivity (Wildman–Crippen MR) is 133 cm³/mol. The molecule has 0 aliphatic rings. The summed E-state index contributed by atoms with van der Waals surface area (Å²) in [5.74, 6) is -0.397. The van der Waals surface area contributed by atoms with Crippen molar-refractivity contribution >= 4 is 45.5 Å². The molecule has 10 heteroatoms. The van der Waals surface area contributed by atoms with Gasteiger partial charge >= 0.3 is 0 Å². The summed E-state index contributed by atoms with van der Waals surface area (Å²) in [5.41, 5.74) is 2.22. The Kier molecular flexibility index (Phi) is 9.82. The van der Waals surface area contributed by atoms with E-state index in [1.807, 2.05) is 28.1 Å². The number of anilines is 3. The summed E-state index contributed by atoms with van der Waals surface area (Å²) in [4.78, 5) is 16.9. The lowest BCUT2D eigenvalue weighted by Crippen LogP contribution is -3.00. The molecule has 0 bridgehead atoms. The third-order valence-electron chi connectivity index (χ3n) is 4.76. The largest absolute Gasteiger partial charge is 1.00 e. The molecule has 0 saturated carbocycles. The smallest absolute Gasteiger partial charge is 0.248 e. The summed E-state index contributed by atoms with van der Waals surface area (Å²) in [5, 5.41) is 16.2. The first kappa shape index (κ1) is 28.3. The minimum Gasteiger partial charge on any atom is -1.00 e. The number of nitrogens with zero attached hydrogens (tertiary/aromatic N) is 3. The molecule has 3 rings (SSSR count). The number of fused-ring (bicyclic) bond motifs is 1. The summed E-state index contributed by atoms with van der Waals surface area (Å²) >= 11 is 5.92. The fourth-order valence-electron chi connectivity index (χ4n) is 3.18. The average molecular weight is 610 g/mol. The molecule has 1 heterocycles. The van der Waals surface area contributed by atoms with E-state index in [0.717, 1.165) is 0 Å². The number of amides is 1. The highest BCUT2D eigenvalue weighted by Crippen LogP contribution is 2.36. The Balaban J connectivity index is 0.00000432. The number of benzene rings is 2. The summed E-state index contributed by atoms with van der Waals surface area (Å²) in [7, 11) is 6.09. The molecule has 3 aromatic rings. The highest BCUT2D eigenvalue weighted by Gasteiger charge is 2.16. The molecule has 1 aromatic heterocycles. The molecule has 35 heavy (non-hydrogen) atoms. The van der Waals surface area contributed by atoms with Crippen LogP contribution < -0.4 is 39.3 Å². The molecule has 0 unspecified atom stereocenters. The fraction of sp³-hybridized carbons (Fsp3) is 0.240. The molecule has 0 spiro atoms. The van der Waals surface area contributed by atoms with Gasteiger partial charge in [0.15, 0.2) is 0 Å². The Morgan fingerprint density at radius 2 is 2.03 bits per heavy atom. The van der Waals surface area contributed by atoms with Crippen molar-refractivity contribution in [1.82, 2.24) is 4.98 Å². The van der Waals surface area contributed by atoms with Gasteiger partial charge in [-0.1, -0.05) is 11.6 Å². The Morgan fingerprint density at radius 3 is 2.66 bits per heavy atom. The van der Waals surface area contributed by atoms with Crippen LogP contribution in [0.1, 0.15) is 12.5 Å². The van der Waals surface area contributed by atoms with Gasteiger partial charge in [-0.3, -0.25) is 9.78 Å². The first-order valence-corrected chi connectivity index (χ1v) is 11.0. The zero-order chi connectivity index (χ0) is 24.9. The molecule has 0 aliphatic carbocycles. The van der Waals surface area contributed by atoms with E-state index >= 15 is 0 Å². The SMILES string of the molecule is CCOc1cc2ncc(C#N)c(Nc3ccc(F)c(Cl)c3)c2cc1NC(=O)/C=C/C[N+](C)(C)C.[I-]. The van der Waals surface area contributed by atoms with E-state index < -0.39 is 5.82 Å². The second kappa shape index (κ2) is 12.2. The maximum absolute atomic E-state index is 13.6. The number of ether oxygens (including phenoxy) is 1. The second-order valence-electron chi connectivity index (χ2n) is 8.58. The van der Waals surface area contributed by atoms with Gasteiger partial charge in [0.2, 0.25) is 5.91 Å². The monoisotopic (exact) mass is 609 g/mol. The van der Waals surface area contributed by atoms with E-state index in [2.05, 4.69) is 21.7 Å². The number of rotatable bonds is 8. The predicted octanol–water partition coefficient (Wildman–Crippen LogP) is 2.25. The van der Waals surface area contributed by atoms with Crippen LogP contribution in [0.15, 0.2) is 48.7 Å². The van der Waals surface area contributed by atoms with E-state index in [9.17, 15) is 14.4 Å².